The number of para-hydroxylation sites is 1. The SMILES string of the molecule is CCc1ccccc1NCc1cc(N2CC(NC)C2)nc(N)n1. The highest BCUT2D eigenvalue weighted by Gasteiger charge is 2.26. The molecule has 122 valence electrons. The summed E-state index contributed by atoms with van der Waals surface area (Å²) < 4.78 is 0. The van der Waals surface area contributed by atoms with Crippen molar-refractivity contribution in [2.24, 2.45) is 0 Å². The van der Waals surface area contributed by atoms with E-state index in [-0.39, 0.29) is 0 Å². The molecule has 0 spiro atoms. The molecule has 1 fully saturated rings. The first-order chi connectivity index (χ1) is 11.2. The van der Waals surface area contributed by atoms with Crippen LogP contribution in [0, 0.1) is 0 Å². The number of nitrogens with zero attached hydrogens (tertiary/aromatic N) is 3. The number of hydrogen-bond donors (Lipinski definition) is 3. The van der Waals surface area contributed by atoms with Crippen LogP contribution in [0.2, 0.25) is 0 Å². The number of aromatic nitrogens is 2. The molecule has 1 saturated heterocycles. The van der Waals surface area contributed by atoms with Crippen LogP contribution in [0.3, 0.4) is 0 Å². The standard InChI is InChI=1S/C17H24N6/c1-3-12-6-4-5-7-15(12)20-9-13-8-16(22-17(18)21-13)23-10-14(11-23)19-2/h4-8,14,19-20H,3,9-11H2,1-2H3,(H2,18,21,22). The Balaban J connectivity index is 1.69. The molecule has 1 aliphatic heterocycles. The average Bonchev–Trinajstić information content (AvgIpc) is 2.52. The van der Waals surface area contributed by atoms with Crippen LogP contribution in [0.5, 0.6) is 0 Å². The topological polar surface area (TPSA) is 79.1 Å². The quantitative estimate of drug-likeness (QED) is 0.752. The maximum absolute atomic E-state index is 5.88. The number of benzene rings is 1. The zero-order chi connectivity index (χ0) is 16.2. The molecule has 2 aromatic rings. The van der Waals surface area contributed by atoms with E-state index in [0.717, 1.165) is 36.7 Å². The Hall–Kier alpha value is -2.34. The van der Waals surface area contributed by atoms with Gasteiger partial charge in [0.25, 0.3) is 0 Å². The fraction of sp³-hybridized carbons (Fsp3) is 0.412. The van der Waals surface area contributed by atoms with E-state index in [2.05, 4.69) is 50.6 Å². The zero-order valence-electron chi connectivity index (χ0n) is 13.7. The molecule has 23 heavy (non-hydrogen) atoms. The first kappa shape index (κ1) is 15.6. The molecular weight excluding hydrogens is 288 g/mol. The Labute approximate surface area is 137 Å². The third kappa shape index (κ3) is 3.53. The molecule has 3 rings (SSSR count). The summed E-state index contributed by atoms with van der Waals surface area (Å²) in [5.41, 5.74) is 9.23. The minimum atomic E-state index is 0.330. The van der Waals surface area contributed by atoms with Gasteiger partial charge in [-0.25, -0.2) is 4.98 Å². The number of hydrogen-bond acceptors (Lipinski definition) is 6. The minimum Gasteiger partial charge on any atom is -0.379 e. The van der Waals surface area contributed by atoms with Gasteiger partial charge in [-0.1, -0.05) is 25.1 Å². The van der Waals surface area contributed by atoms with Crippen LogP contribution < -0.4 is 21.3 Å². The van der Waals surface area contributed by atoms with Gasteiger partial charge in [0.1, 0.15) is 5.82 Å². The van der Waals surface area contributed by atoms with Crippen LogP contribution in [0.15, 0.2) is 30.3 Å². The summed E-state index contributed by atoms with van der Waals surface area (Å²) in [5.74, 6) is 1.24. The van der Waals surface area contributed by atoms with Gasteiger partial charge in [-0.05, 0) is 25.1 Å². The Morgan fingerprint density at radius 1 is 1.26 bits per heavy atom. The molecule has 0 radical (unpaired) electrons. The molecule has 0 aliphatic carbocycles. The lowest BCUT2D eigenvalue weighted by Crippen LogP contribution is -2.57. The van der Waals surface area contributed by atoms with Crippen molar-refractivity contribution in [2.45, 2.75) is 25.9 Å². The van der Waals surface area contributed by atoms with Gasteiger partial charge in [-0.2, -0.15) is 4.98 Å². The third-order valence-corrected chi connectivity index (χ3v) is 4.25. The summed E-state index contributed by atoms with van der Waals surface area (Å²) in [7, 11) is 1.98. The largest absolute Gasteiger partial charge is 0.379 e. The van der Waals surface area contributed by atoms with Gasteiger partial charge in [-0.3, -0.25) is 0 Å². The third-order valence-electron chi connectivity index (χ3n) is 4.25. The highest BCUT2D eigenvalue weighted by molar-refractivity contribution is 5.52. The highest BCUT2D eigenvalue weighted by atomic mass is 15.3. The number of rotatable bonds is 6. The molecule has 4 N–H and O–H groups in total. The van der Waals surface area contributed by atoms with Gasteiger partial charge in [-0.15, -0.1) is 0 Å². The summed E-state index contributed by atoms with van der Waals surface area (Å²) in [6, 6.07) is 10.9. The van der Waals surface area contributed by atoms with E-state index < -0.39 is 0 Å². The van der Waals surface area contributed by atoms with Gasteiger partial charge >= 0.3 is 0 Å². The maximum atomic E-state index is 5.88. The molecule has 1 aliphatic rings. The van der Waals surface area contributed by atoms with Crippen molar-refractivity contribution >= 4 is 17.5 Å². The number of anilines is 3. The molecule has 0 unspecified atom stereocenters. The second kappa shape index (κ2) is 6.83. The fourth-order valence-corrected chi connectivity index (χ4v) is 2.79. The van der Waals surface area contributed by atoms with Crippen molar-refractivity contribution in [3.63, 3.8) is 0 Å². The van der Waals surface area contributed by atoms with Gasteiger partial charge in [0.2, 0.25) is 5.95 Å². The molecule has 6 nitrogen and oxygen atoms in total. The van der Waals surface area contributed by atoms with E-state index in [1.807, 2.05) is 19.2 Å². The molecule has 0 bridgehead atoms. The molecule has 1 aromatic carbocycles. The first-order valence-electron chi connectivity index (χ1n) is 8.07. The monoisotopic (exact) mass is 312 g/mol. The molecule has 0 atom stereocenters. The summed E-state index contributed by atoms with van der Waals surface area (Å²) in [5, 5.41) is 6.71. The van der Waals surface area contributed by atoms with Crippen LogP contribution in [-0.2, 0) is 13.0 Å². The summed E-state index contributed by atoms with van der Waals surface area (Å²) in [6.07, 6.45) is 1.000. The highest BCUT2D eigenvalue weighted by Crippen LogP contribution is 2.21. The van der Waals surface area contributed by atoms with Crippen molar-refractivity contribution in [1.82, 2.24) is 15.3 Å². The van der Waals surface area contributed by atoms with Crippen molar-refractivity contribution < 1.29 is 0 Å². The van der Waals surface area contributed by atoms with Gasteiger partial charge in [0.05, 0.1) is 12.2 Å². The van der Waals surface area contributed by atoms with Crippen molar-refractivity contribution in [2.75, 3.05) is 36.1 Å². The predicted octanol–water partition coefficient (Wildman–Crippen LogP) is 1.64. The lowest BCUT2D eigenvalue weighted by Gasteiger charge is -2.40. The number of likely N-dealkylation sites (N-methyl/N-ethyl adjacent to an activating group) is 1. The van der Waals surface area contributed by atoms with Crippen molar-refractivity contribution in [1.29, 1.82) is 0 Å². The van der Waals surface area contributed by atoms with Crippen LogP contribution in [-0.4, -0.2) is 36.1 Å². The lowest BCUT2D eigenvalue weighted by molar-refractivity contribution is 0.447. The van der Waals surface area contributed by atoms with E-state index in [1.165, 1.54) is 5.56 Å². The Bertz CT molecular complexity index is 666. The van der Waals surface area contributed by atoms with Crippen LogP contribution in [0.1, 0.15) is 18.2 Å². The lowest BCUT2D eigenvalue weighted by atomic mass is 10.1. The zero-order valence-corrected chi connectivity index (χ0v) is 13.7. The molecule has 0 amide bonds. The van der Waals surface area contributed by atoms with Crippen LogP contribution >= 0.6 is 0 Å². The number of nitrogens with two attached hydrogens (primary N) is 1. The first-order valence-corrected chi connectivity index (χ1v) is 8.07. The van der Waals surface area contributed by atoms with Gasteiger partial charge in [0, 0.05) is 30.9 Å². The average molecular weight is 312 g/mol. The second-order valence-electron chi connectivity index (χ2n) is 5.83. The molecular formula is C17H24N6. The van der Waals surface area contributed by atoms with E-state index in [4.69, 9.17) is 5.73 Å². The Morgan fingerprint density at radius 2 is 2.04 bits per heavy atom. The Morgan fingerprint density at radius 3 is 2.78 bits per heavy atom. The van der Waals surface area contributed by atoms with Crippen LogP contribution in [0.25, 0.3) is 0 Å². The minimum absolute atomic E-state index is 0.330. The van der Waals surface area contributed by atoms with E-state index in [0.29, 0.717) is 18.5 Å². The van der Waals surface area contributed by atoms with Crippen molar-refractivity contribution in [3.8, 4) is 0 Å². The fourth-order valence-electron chi connectivity index (χ4n) is 2.79. The number of nitrogen functional groups attached to an aromatic ring is 1. The van der Waals surface area contributed by atoms with Gasteiger partial charge in [0.15, 0.2) is 0 Å². The van der Waals surface area contributed by atoms with Crippen LogP contribution in [0.4, 0.5) is 17.5 Å². The molecule has 2 heterocycles. The normalized spacial score (nSPS) is 14.6. The summed E-state index contributed by atoms with van der Waals surface area (Å²) in [4.78, 5) is 10.9. The smallest absolute Gasteiger partial charge is 0.222 e. The van der Waals surface area contributed by atoms with E-state index >= 15 is 0 Å². The molecule has 0 saturated carbocycles. The summed E-state index contributed by atoms with van der Waals surface area (Å²) >= 11 is 0. The van der Waals surface area contributed by atoms with E-state index in [9.17, 15) is 0 Å². The number of nitrogens with one attached hydrogen (secondary N) is 2. The van der Waals surface area contributed by atoms with Gasteiger partial charge < -0.3 is 21.3 Å². The van der Waals surface area contributed by atoms with E-state index in [1.54, 1.807) is 0 Å². The molecule has 1 aromatic heterocycles. The molecule has 6 heteroatoms. The summed E-state index contributed by atoms with van der Waals surface area (Å²) in [6.45, 7) is 4.71. The second-order valence-corrected chi connectivity index (χ2v) is 5.83. The number of aryl methyl sites for hydroxylation is 1. The maximum Gasteiger partial charge on any atom is 0.222 e. The van der Waals surface area contributed by atoms with Crippen molar-refractivity contribution in [3.05, 3.63) is 41.6 Å². The Kier molecular flexibility index (Phi) is 4.62. The predicted molar refractivity (Wildman–Crippen MR) is 94.7 cm³/mol.